The van der Waals surface area contributed by atoms with E-state index in [1.165, 1.54) is 0 Å². The first-order valence-electron chi connectivity index (χ1n) is 4.59. The molecule has 0 fully saturated rings. The van der Waals surface area contributed by atoms with Crippen molar-refractivity contribution in [3.63, 3.8) is 0 Å². The fraction of sp³-hybridized carbons (Fsp3) is 0.778. The summed E-state index contributed by atoms with van der Waals surface area (Å²) >= 11 is 0. The van der Waals surface area contributed by atoms with Gasteiger partial charge in [-0.3, -0.25) is 9.59 Å². The highest BCUT2D eigenvalue weighted by molar-refractivity contribution is 5.85. The third-order valence-electron chi connectivity index (χ3n) is 1.76. The van der Waals surface area contributed by atoms with Crippen LogP contribution in [0.2, 0.25) is 0 Å². The second kappa shape index (κ2) is 11.6. The van der Waals surface area contributed by atoms with Crippen LogP contribution in [0, 0.1) is 0 Å². The Hall–Kier alpha value is -0.480. The standard InChI is InChI=1S/C9H17NO3.2ClH/c1-4-9(12)13-7-8(11)10(5-2)6-3;;/h4-7H2,1-3H3;2*1H. The van der Waals surface area contributed by atoms with Crippen LogP contribution in [-0.2, 0) is 14.3 Å². The molecule has 0 rings (SSSR count). The topological polar surface area (TPSA) is 46.6 Å². The lowest BCUT2D eigenvalue weighted by Crippen LogP contribution is -2.34. The maximum atomic E-state index is 11.3. The molecular weight excluding hydrogens is 241 g/mol. The molecule has 0 atom stereocenters. The van der Waals surface area contributed by atoms with Gasteiger partial charge in [0.25, 0.3) is 5.91 Å². The molecule has 0 spiro atoms. The van der Waals surface area contributed by atoms with Crippen molar-refractivity contribution < 1.29 is 14.3 Å². The van der Waals surface area contributed by atoms with Crippen molar-refractivity contribution in [1.82, 2.24) is 4.90 Å². The predicted molar refractivity (Wildman–Crippen MR) is 63.7 cm³/mol. The number of likely N-dealkylation sites (N-methyl/N-ethyl adjacent to an activating group) is 1. The van der Waals surface area contributed by atoms with Gasteiger partial charge in [-0.05, 0) is 13.8 Å². The lowest BCUT2D eigenvalue weighted by Gasteiger charge is -2.17. The van der Waals surface area contributed by atoms with Crippen molar-refractivity contribution in [3.8, 4) is 0 Å². The first-order chi connectivity index (χ1) is 6.15. The quantitative estimate of drug-likeness (QED) is 0.706. The van der Waals surface area contributed by atoms with Crippen molar-refractivity contribution in [2.75, 3.05) is 19.7 Å². The summed E-state index contributed by atoms with van der Waals surface area (Å²) < 4.78 is 4.71. The molecular formula is C9H19Cl2NO3. The van der Waals surface area contributed by atoms with Crippen molar-refractivity contribution in [2.24, 2.45) is 0 Å². The van der Waals surface area contributed by atoms with Crippen LogP contribution in [0.5, 0.6) is 0 Å². The molecule has 0 aliphatic heterocycles. The number of esters is 1. The Bertz CT molecular complexity index is 184. The van der Waals surface area contributed by atoms with E-state index in [2.05, 4.69) is 0 Å². The number of nitrogens with zero attached hydrogens (tertiary/aromatic N) is 1. The Kier molecular flexibility index (Phi) is 15.5. The maximum Gasteiger partial charge on any atom is 0.306 e. The number of ether oxygens (including phenoxy) is 1. The van der Waals surface area contributed by atoms with E-state index in [4.69, 9.17) is 4.74 Å². The van der Waals surface area contributed by atoms with Gasteiger partial charge in [-0.25, -0.2) is 0 Å². The van der Waals surface area contributed by atoms with Gasteiger partial charge in [0.2, 0.25) is 0 Å². The number of halogens is 2. The van der Waals surface area contributed by atoms with Gasteiger partial charge in [-0.2, -0.15) is 0 Å². The fourth-order valence-corrected chi connectivity index (χ4v) is 0.912. The van der Waals surface area contributed by atoms with Crippen molar-refractivity contribution >= 4 is 36.7 Å². The Morgan fingerprint density at radius 3 is 1.87 bits per heavy atom. The molecule has 6 heteroatoms. The molecule has 0 N–H and O–H groups in total. The van der Waals surface area contributed by atoms with E-state index in [9.17, 15) is 9.59 Å². The smallest absolute Gasteiger partial charge is 0.306 e. The molecule has 0 saturated heterocycles. The van der Waals surface area contributed by atoms with Crippen molar-refractivity contribution in [2.45, 2.75) is 27.2 Å². The summed E-state index contributed by atoms with van der Waals surface area (Å²) in [4.78, 5) is 23.6. The van der Waals surface area contributed by atoms with E-state index in [0.29, 0.717) is 19.5 Å². The third kappa shape index (κ3) is 8.51. The minimum atomic E-state index is -0.333. The van der Waals surface area contributed by atoms with Gasteiger partial charge in [0, 0.05) is 19.5 Å². The van der Waals surface area contributed by atoms with Gasteiger partial charge in [0.05, 0.1) is 0 Å². The first-order valence-corrected chi connectivity index (χ1v) is 4.59. The van der Waals surface area contributed by atoms with Crippen LogP contribution < -0.4 is 0 Å². The Morgan fingerprint density at radius 2 is 1.53 bits per heavy atom. The zero-order valence-electron chi connectivity index (χ0n) is 9.32. The number of hydrogen-bond donors (Lipinski definition) is 0. The Morgan fingerprint density at radius 1 is 1.07 bits per heavy atom. The summed E-state index contributed by atoms with van der Waals surface area (Å²) in [5, 5.41) is 0. The van der Waals surface area contributed by atoms with Gasteiger partial charge in [-0.1, -0.05) is 6.92 Å². The number of amides is 1. The third-order valence-corrected chi connectivity index (χ3v) is 1.76. The summed E-state index contributed by atoms with van der Waals surface area (Å²) in [5.74, 6) is -0.465. The second-order valence-corrected chi connectivity index (χ2v) is 2.58. The molecule has 0 aromatic heterocycles. The average Bonchev–Trinajstić information content (AvgIpc) is 2.16. The summed E-state index contributed by atoms with van der Waals surface area (Å²) in [7, 11) is 0. The minimum absolute atomic E-state index is 0. The molecule has 0 heterocycles. The van der Waals surface area contributed by atoms with Gasteiger partial charge < -0.3 is 9.64 Å². The number of rotatable bonds is 5. The summed E-state index contributed by atoms with van der Waals surface area (Å²) in [6.07, 6.45) is 0.311. The van der Waals surface area contributed by atoms with Gasteiger partial charge in [-0.15, -0.1) is 24.8 Å². The van der Waals surface area contributed by atoms with E-state index < -0.39 is 0 Å². The molecule has 0 bridgehead atoms. The molecule has 0 aliphatic rings. The molecule has 0 aromatic carbocycles. The second-order valence-electron chi connectivity index (χ2n) is 2.58. The van der Waals surface area contributed by atoms with Crippen LogP contribution in [0.15, 0.2) is 0 Å². The van der Waals surface area contributed by atoms with Gasteiger partial charge >= 0.3 is 5.97 Å². The Balaban J connectivity index is -0.000000720. The van der Waals surface area contributed by atoms with Crippen molar-refractivity contribution in [1.29, 1.82) is 0 Å². The van der Waals surface area contributed by atoms with E-state index in [0.717, 1.165) is 0 Å². The summed E-state index contributed by atoms with van der Waals surface area (Å²) in [5.41, 5.74) is 0. The Labute approximate surface area is 103 Å². The lowest BCUT2D eigenvalue weighted by molar-refractivity contribution is -0.151. The van der Waals surface area contributed by atoms with Crippen LogP contribution in [0.3, 0.4) is 0 Å². The minimum Gasteiger partial charge on any atom is -0.456 e. The molecule has 92 valence electrons. The summed E-state index contributed by atoms with van der Waals surface area (Å²) in [6.45, 7) is 6.66. The molecule has 0 saturated carbocycles. The van der Waals surface area contributed by atoms with E-state index in [-0.39, 0.29) is 43.3 Å². The van der Waals surface area contributed by atoms with Crippen LogP contribution >= 0.6 is 24.8 Å². The monoisotopic (exact) mass is 259 g/mol. The van der Waals surface area contributed by atoms with Crippen LogP contribution in [0.1, 0.15) is 27.2 Å². The van der Waals surface area contributed by atoms with Gasteiger partial charge in [0.15, 0.2) is 6.61 Å². The summed E-state index contributed by atoms with van der Waals surface area (Å²) in [6, 6.07) is 0. The molecule has 0 aliphatic carbocycles. The average molecular weight is 260 g/mol. The van der Waals surface area contributed by atoms with Gasteiger partial charge in [0.1, 0.15) is 0 Å². The first kappa shape index (κ1) is 20.0. The molecule has 0 aromatic rings. The SMILES string of the molecule is CCC(=O)OCC(=O)N(CC)CC.Cl.Cl. The van der Waals surface area contributed by atoms with E-state index >= 15 is 0 Å². The van der Waals surface area contributed by atoms with Crippen LogP contribution in [0.25, 0.3) is 0 Å². The zero-order valence-corrected chi connectivity index (χ0v) is 10.9. The molecule has 0 radical (unpaired) electrons. The fourth-order valence-electron chi connectivity index (χ4n) is 0.912. The normalized spacial score (nSPS) is 8.20. The maximum absolute atomic E-state index is 11.3. The van der Waals surface area contributed by atoms with Crippen molar-refractivity contribution in [3.05, 3.63) is 0 Å². The van der Waals surface area contributed by atoms with Crippen LogP contribution in [-0.4, -0.2) is 36.5 Å². The molecule has 4 nitrogen and oxygen atoms in total. The van der Waals surface area contributed by atoms with E-state index in [1.807, 2.05) is 13.8 Å². The molecule has 0 unspecified atom stereocenters. The predicted octanol–water partition coefficient (Wildman–Crippen LogP) is 1.65. The van der Waals surface area contributed by atoms with Crippen LogP contribution in [0.4, 0.5) is 0 Å². The number of carbonyl (C=O) groups excluding carboxylic acids is 2. The lowest BCUT2D eigenvalue weighted by atomic mass is 10.4. The highest BCUT2D eigenvalue weighted by Gasteiger charge is 2.10. The zero-order chi connectivity index (χ0) is 10.3. The number of carbonyl (C=O) groups is 2. The number of hydrogen-bond acceptors (Lipinski definition) is 3. The largest absolute Gasteiger partial charge is 0.456 e. The highest BCUT2D eigenvalue weighted by Crippen LogP contribution is 1.91. The highest BCUT2D eigenvalue weighted by atomic mass is 35.5. The molecule has 1 amide bonds. The molecule has 15 heavy (non-hydrogen) atoms. The van der Waals surface area contributed by atoms with E-state index in [1.54, 1.807) is 11.8 Å².